The minimum atomic E-state index is 0.850. The number of nitrogens with zero attached hydrogens (tertiary/aromatic N) is 4. The lowest BCUT2D eigenvalue weighted by atomic mass is 10.1. The van der Waals surface area contributed by atoms with Gasteiger partial charge in [0, 0.05) is 10.8 Å². The Kier molecular flexibility index (Phi) is 4.92. The summed E-state index contributed by atoms with van der Waals surface area (Å²) in [6, 6.07) is 25.0. The minimum Gasteiger partial charge on any atom is -0.457 e. The maximum atomic E-state index is 6.46. The molecule has 0 unspecified atom stereocenters. The van der Waals surface area contributed by atoms with E-state index in [0.717, 1.165) is 66.9 Å². The summed E-state index contributed by atoms with van der Waals surface area (Å²) >= 11 is 0. The van der Waals surface area contributed by atoms with E-state index in [1.165, 1.54) is 0 Å². The van der Waals surface area contributed by atoms with Crippen LogP contribution in [0.5, 0.6) is 11.5 Å². The molecule has 0 atom stereocenters. The summed E-state index contributed by atoms with van der Waals surface area (Å²) < 4.78 is 10.5. The van der Waals surface area contributed by atoms with Gasteiger partial charge in [0.1, 0.15) is 11.5 Å². The van der Waals surface area contributed by atoms with E-state index in [0.29, 0.717) is 0 Å². The van der Waals surface area contributed by atoms with Crippen LogP contribution in [0, 0.1) is 27.7 Å². The fraction of sp³-hybridized carbons (Fsp3) is 0.133. The first-order chi connectivity index (χ1) is 17.0. The van der Waals surface area contributed by atoms with Crippen molar-refractivity contribution in [1.29, 1.82) is 0 Å². The summed E-state index contributed by atoms with van der Waals surface area (Å²) in [5.41, 5.74) is 8.64. The van der Waals surface area contributed by atoms with Gasteiger partial charge >= 0.3 is 0 Å². The van der Waals surface area contributed by atoms with Gasteiger partial charge in [0.05, 0.1) is 34.8 Å². The van der Waals surface area contributed by atoms with E-state index in [9.17, 15) is 0 Å². The van der Waals surface area contributed by atoms with E-state index < -0.39 is 0 Å². The third-order valence-corrected chi connectivity index (χ3v) is 6.62. The first kappa shape index (κ1) is 21.2. The van der Waals surface area contributed by atoms with Crippen molar-refractivity contribution in [1.82, 2.24) is 19.6 Å². The predicted octanol–water partition coefficient (Wildman–Crippen LogP) is 7.39. The molecule has 2 aromatic heterocycles. The van der Waals surface area contributed by atoms with Gasteiger partial charge in [-0.25, -0.2) is 9.36 Å². The zero-order valence-corrected chi connectivity index (χ0v) is 20.3. The van der Waals surface area contributed by atoms with Crippen LogP contribution in [0.15, 0.2) is 85.2 Å². The summed E-state index contributed by atoms with van der Waals surface area (Å²) in [7, 11) is 0. The Morgan fingerprint density at radius 3 is 1.43 bits per heavy atom. The molecule has 0 aliphatic rings. The maximum Gasteiger partial charge on any atom is 0.130 e. The molecule has 6 rings (SSSR count). The number of aromatic nitrogens is 4. The number of fused-ring (bicyclic) bond motifs is 2. The monoisotopic (exact) mass is 458 g/mol. The molecule has 0 spiro atoms. The quantitative estimate of drug-likeness (QED) is 0.277. The summed E-state index contributed by atoms with van der Waals surface area (Å²) in [5, 5.41) is 11.5. The van der Waals surface area contributed by atoms with Crippen LogP contribution < -0.4 is 4.74 Å². The van der Waals surface area contributed by atoms with Gasteiger partial charge in [0.15, 0.2) is 0 Å². The molecule has 5 nitrogen and oxygen atoms in total. The van der Waals surface area contributed by atoms with Gasteiger partial charge in [-0.15, -0.1) is 0 Å². The fourth-order valence-electron chi connectivity index (χ4n) is 4.67. The van der Waals surface area contributed by atoms with Crippen molar-refractivity contribution in [3.63, 3.8) is 0 Å². The molecule has 4 aromatic carbocycles. The lowest BCUT2D eigenvalue weighted by Crippen LogP contribution is -2.02. The molecule has 0 bridgehead atoms. The molecule has 35 heavy (non-hydrogen) atoms. The van der Waals surface area contributed by atoms with E-state index in [-0.39, 0.29) is 0 Å². The van der Waals surface area contributed by atoms with Crippen LogP contribution >= 0.6 is 0 Å². The molecular formula is C30H26N4O. The minimum absolute atomic E-state index is 0.850. The molecule has 0 radical (unpaired) electrons. The highest BCUT2D eigenvalue weighted by Crippen LogP contribution is 2.34. The molecule has 2 heterocycles. The largest absolute Gasteiger partial charge is 0.457 e. The number of hydrogen-bond acceptors (Lipinski definition) is 3. The van der Waals surface area contributed by atoms with Crippen molar-refractivity contribution < 1.29 is 4.74 Å². The van der Waals surface area contributed by atoms with E-state index >= 15 is 0 Å². The first-order valence-electron chi connectivity index (χ1n) is 11.8. The number of benzene rings is 4. The van der Waals surface area contributed by atoms with Crippen molar-refractivity contribution in [2.45, 2.75) is 27.7 Å². The van der Waals surface area contributed by atoms with Crippen LogP contribution in [0.3, 0.4) is 0 Å². The number of rotatable bonds is 4. The van der Waals surface area contributed by atoms with E-state index in [2.05, 4.69) is 86.4 Å². The van der Waals surface area contributed by atoms with Crippen molar-refractivity contribution in [2.24, 2.45) is 0 Å². The smallest absolute Gasteiger partial charge is 0.130 e. The van der Waals surface area contributed by atoms with Crippen molar-refractivity contribution >= 4 is 21.8 Å². The Bertz CT molecular complexity index is 1600. The molecule has 0 N–H and O–H groups in total. The zero-order valence-electron chi connectivity index (χ0n) is 20.3. The molecule has 5 heteroatoms. The van der Waals surface area contributed by atoms with Crippen LogP contribution in [-0.2, 0) is 0 Å². The molecule has 0 saturated carbocycles. The van der Waals surface area contributed by atoms with Crippen molar-refractivity contribution in [3.8, 4) is 22.9 Å². The van der Waals surface area contributed by atoms with E-state index in [1.807, 2.05) is 46.0 Å². The third-order valence-electron chi connectivity index (χ3n) is 6.62. The molecule has 0 amide bonds. The fourth-order valence-corrected chi connectivity index (χ4v) is 4.67. The summed E-state index contributed by atoms with van der Waals surface area (Å²) in [6.45, 7) is 8.36. The Hall–Kier alpha value is -4.38. The lowest BCUT2D eigenvalue weighted by Gasteiger charge is -2.17. The number of ether oxygens (including phenoxy) is 1. The van der Waals surface area contributed by atoms with Gasteiger partial charge in [-0.2, -0.15) is 10.2 Å². The van der Waals surface area contributed by atoms with Crippen molar-refractivity contribution in [2.75, 3.05) is 0 Å². The Morgan fingerprint density at radius 2 is 0.971 bits per heavy atom. The highest BCUT2D eigenvalue weighted by atomic mass is 16.5. The average Bonchev–Trinajstić information content (AvgIpc) is 3.48. The van der Waals surface area contributed by atoms with Crippen molar-refractivity contribution in [3.05, 3.63) is 107 Å². The van der Waals surface area contributed by atoms with Gasteiger partial charge in [0.2, 0.25) is 0 Å². The lowest BCUT2D eigenvalue weighted by molar-refractivity contribution is 0.474. The van der Waals surface area contributed by atoms with Crippen LogP contribution in [0.4, 0.5) is 0 Å². The third kappa shape index (κ3) is 3.56. The molecule has 0 saturated heterocycles. The van der Waals surface area contributed by atoms with Gasteiger partial charge < -0.3 is 4.74 Å². The number of hydrogen-bond donors (Lipinski definition) is 0. The van der Waals surface area contributed by atoms with Crippen LogP contribution in [0.1, 0.15) is 22.3 Å². The summed E-state index contributed by atoms with van der Waals surface area (Å²) in [4.78, 5) is 0. The average molecular weight is 459 g/mol. The van der Waals surface area contributed by atoms with Crippen LogP contribution in [0.2, 0.25) is 0 Å². The van der Waals surface area contributed by atoms with Gasteiger partial charge in [-0.05, 0) is 86.3 Å². The first-order valence-corrected chi connectivity index (χ1v) is 11.8. The van der Waals surface area contributed by atoms with Crippen LogP contribution in [0.25, 0.3) is 33.2 Å². The second-order valence-electron chi connectivity index (χ2n) is 9.14. The number of para-hydroxylation sites is 2. The standard InChI is InChI=1S/C30H26N4O/c1-19-15-29(21(3)13-27(19)33-25-11-7-5-9-23(25)17-31-33)35-30-16-20(2)28(14-22(30)4)34-26-12-8-6-10-24(26)18-32-34/h5-18H,1-4H3. The molecule has 0 aliphatic heterocycles. The zero-order chi connectivity index (χ0) is 24.1. The van der Waals surface area contributed by atoms with Gasteiger partial charge in [-0.1, -0.05) is 36.4 Å². The molecular weight excluding hydrogens is 432 g/mol. The normalized spacial score (nSPS) is 11.4. The summed E-state index contributed by atoms with van der Waals surface area (Å²) in [5.74, 6) is 1.70. The van der Waals surface area contributed by atoms with Crippen LogP contribution in [-0.4, -0.2) is 19.6 Å². The number of aryl methyl sites for hydroxylation is 4. The predicted molar refractivity (Wildman–Crippen MR) is 141 cm³/mol. The maximum absolute atomic E-state index is 6.46. The Morgan fingerprint density at radius 1 is 0.543 bits per heavy atom. The topological polar surface area (TPSA) is 44.9 Å². The molecule has 172 valence electrons. The highest BCUT2D eigenvalue weighted by Gasteiger charge is 2.15. The second-order valence-corrected chi connectivity index (χ2v) is 9.14. The van der Waals surface area contributed by atoms with Gasteiger partial charge in [0.25, 0.3) is 0 Å². The van der Waals surface area contributed by atoms with Gasteiger partial charge in [-0.3, -0.25) is 0 Å². The molecule has 0 aliphatic carbocycles. The second kappa shape index (κ2) is 8.13. The molecule has 0 fully saturated rings. The SMILES string of the molecule is Cc1cc(-n2ncc3ccccc32)c(C)cc1Oc1cc(C)c(-n2ncc3ccccc32)cc1C. The van der Waals surface area contributed by atoms with E-state index in [4.69, 9.17) is 4.74 Å². The Labute approximate surface area is 204 Å². The Balaban J connectivity index is 1.36. The molecule has 6 aromatic rings. The van der Waals surface area contributed by atoms with E-state index in [1.54, 1.807) is 0 Å². The highest BCUT2D eigenvalue weighted by molar-refractivity contribution is 5.81. The summed E-state index contributed by atoms with van der Waals surface area (Å²) in [6.07, 6.45) is 3.82.